The smallest absolute Gasteiger partial charge is 0.410 e. The van der Waals surface area contributed by atoms with E-state index < -0.39 is 5.60 Å². The normalized spacial score (nSPS) is 18.0. The highest BCUT2D eigenvalue weighted by molar-refractivity contribution is 6.28. The van der Waals surface area contributed by atoms with Crippen molar-refractivity contribution in [3.05, 3.63) is 28.3 Å². The summed E-state index contributed by atoms with van der Waals surface area (Å²) in [6, 6.07) is 0. The van der Waals surface area contributed by atoms with Gasteiger partial charge in [-0.1, -0.05) is 6.08 Å². The number of fused-ring (bicyclic) bond motifs is 1. The molecule has 1 aromatic heterocycles. The Balaban J connectivity index is 1.86. The van der Waals surface area contributed by atoms with Crippen molar-refractivity contribution in [2.45, 2.75) is 45.8 Å². The second-order valence-corrected chi connectivity index (χ2v) is 7.31. The fraction of sp³-hybridized carbons (Fsp3) is 0.588. The standard InChI is InChI=1S/C17H22ClN3O3/c1-17(2,3)24-16(22)21-7-4-12-13(10-21)19-15(18)20-14(12)11-5-8-23-9-6-11/h5H,4,6-10H2,1-3H3. The average molecular weight is 352 g/mol. The van der Waals surface area contributed by atoms with Gasteiger partial charge in [0.05, 0.1) is 31.1 Å². The number of amides is 1. The predicted octanol–water partition coefficient (Wildman–Crippen LogP) is 3.23. The first-order chi connectivity index (χ1) is 11.3. The SMILES string of the molecule is CC(C)(C)OC(=O)N1CCc2c(nc(Cl)nc2C2=CCOCC2)C1. The number of hydrogen-bond donors (Lipinski definition) is 0. The van der Waals surface area contributed by atoms with Crippen molar-refractivity contribution in [1.29, 1.82) is 0 Å². The van der Waals surface area contributed by atoms with Crippen LogP contribution in [-0.2, 0) is 22.4 Å². The maximum atomic E-state index is 12.3. The minimum absolute atomic E-state index is 0.210. The molecule has 2 aliphatic heterocycles. The molecular formula is C17H22ClN3O3. The highest BCUT2D eigenvalue weighted by Crippen LogP contribution is 2.29. The molecular weight excluding hydrogens is 330 g/mol. The zero-order valence-corrected chi connectivity index (χ0v) is 15.0. The third-order valence-corrected chi connectivity index (χ3v) is 4.13. The van der Waals surface area contributed by atoms with Crippen molar-refractivity contribution in [3.63, 3.8) is 0 Å². The topological polar surface area (TPSA) is 64.5 Å². The molecule has 0 saturated heterocycles. The summed E-state index contributed by atoms with van der Waals surface area (Å²) >= 11 is 6.12. The van der Waals surface area contributed by atoms with Gasteiger partial charge < -0.3 is 14.4 Å². The van der Waals surface area contributed by atoms with Gasteiger partial charge in [-0.05, 0) is 50.8 Å². The van der Waals surface area contributed by atoms with Crippen LogP contribution in [0, 0.1) is 0 Å². The maximum Gasteiger partial charge on any atom is 0.410 e. The van der Waals surface area contributed by atoms with Gasteiger partial charge in [0, 0.05) is 12.1 Å². The van der Waals surface area contributed by atoms with Crippen LogP contribution in [0.1, 0.15) is 44.1 Å². The Morgan fingerprint density at radius 3 is 2.79 bits per heavy atom. The van der Waals surface area contributed by atoms with Crippen LogP contribution >= 0.6 is 11.6 Å². The van der Waals surface area contributed by atoms with Crippen LogP contribution in [-0.4, -0.2) is 46.3 Å². The summed E-state index contributed by atoms with van der Waals surface area (Å²) in [6.45, 7) is 7.83. The van der Waals surface area contributed by atoms with E-state index in [0.29, 0.717) is 32.7 Å². The lowest BCUT2D eigenvalue weighted by Crippen LogP contribution is -2.40. The van der Waals surface area contributed by atoms with Gasteiger partial charge in [-0.3, -0.25) is 0 Å². The van der Waals surface area contributed by atoms with Crippen LogP contribution in [0.3, 0.4) is 0 Å². The molecule has 0 N–H and O–H groups in total. The fourth-order valence-corrected chi connectivity index (χ4v) is 3.08. The molecule has 0 atom stereocenters. The molecule has 0 bridgehead atoms. The van der Waals surface area contributed by atoms with Gasteiger partial charge in [0.1, 0.15) is 5.60 Å². The van der Waals surface area contributed by atoms with E-state index in [2.05, 4.69) is 9.97 Å². The molecule has 3 rings (SSSR count). The zero-order valence-electron chi connectivity index (χ0n) is 14.3. The van der Waals surface area contributed by atoms with Gasteiger partial charge in [-0.15, -0.1) is 0 Å². The number of rotatable bonds is 1. The van der Waals surface area contributed by atoms with Crippen molar-refractivity contribution in [2.24, 2.45) is 0 Å². The Hall–Kier alpha value is -1.66. The summed E-state index contributed by atoms with van der Waals surface area (Å²) in [6.07, 6.45) is 3.23. The van der Waals surface area contributed by atoms with Crippen LogP contribution in [0.15, 0.2) is 6.08 Å². The molecule has 0 unspecified atom stereocenters. The van der Waals surface area contributed by atoms with Crippen molar-refractivity contribution >= 4 is 23.3 Å². The van der Waals surface area contributed by atoms with Gasteiger partial charge >= 0.3 is 6.09 Å². The molecule has 6 nitrogen and oxygen atoms in total. The van der Waals surface area contributed by atoms with E-state index in [-0.39, 0.29) is 11.4 Å². The lowest BCUT2D eigenvalue weighted by Gasteiger charge is -2.31. The number of nitrogens with zero attached hydrogens (tertiary/aromatic N) is 3. The highest BCUT2D eigenvalue weighted by Gasteiger charge is 2.29. The molecule has 24 heavy (non-hydrogen) atoms. The number of hydrogen-bond acceptors (Lipinski definition) is 5. The van der Waals surface area contributed by atoms with Crippen LogP contribution in [0.25, 0.3) is 5.57 Å². The van der Waals surface area contributed by atoms with Crippen molar-refractivity contribution in [2.75, 3.05) is 19.8 Å². The first kappa shape index (κ1) is 17.2. The molecule has 0 saturated carbocycles. The van der Waals surface area contributed by atoms with Gasteiger partial charge in [0.15, 0.2) is 0 Å². The van der Waals surface area contributed by atoms with Crippen LogP contribution in [0.4, 0.5) is 4.79 Å². The van der Waals surface area contributed by atoms with Gasteiger partial charge in [-0.2, -0.15) is 0 Å². The summed E-state index contributed by atoms with van der Waals surface area (Å²) in [5, 5.41) is 0.210. The second-order valence-electron chi connectivity index (χ2n) is 6.97. The Morgan fingerprint density at radius 2 is 2.12 bits per heavy atom. The number of carbonyl (C=O) groups is 1. The quantitative estimate of drug-likeness (QED) is 0.727. The van der Waals surface area contributed by atoms with E-state index in [1.807, 2.05) is 26.8 Å². The first-order valence-electron chi connectivity index (χ1n) is 8.14. The number of ether oxygens (including phenoxy) is 2. The minimum atomic E-state index is -0.515. The molecule has 0 radical (unpaired) electrons. The molecule has 130 valence electrons. The average Bonchev–Trinajstić information content (AvgIpc) is 2.52. The van der Waals surface area contributed by atoms with Crippen LogP contribution < -0.4 is 0 Å². The number of carbonyl (C=O) groups excluding carboxylic acids is 1. The van der Waals surface area contributed by atoms with E-state index in [1.54, 1.807) is 4.90 Å². The molecule has 1 aromatic rings. The summed E-state index contributed by atoms with van der Waals surface area (Å²) in [5.41, 5.74) is 3.41. The van der Waals surface area contributed by atoms with E-state index in [1.165, 1.54) is 0 Å². The number of aromatic nitrogens is 2. The summed E-state index contributed by atoms with van der Waals surface area (Å²) in [4.78, 5) is 22.7. The molecule has 3 heterocycles. The summed E-state index contributed by atoms with van der Waals surface area (Å²) in [7, 11) is 0. The van der Waals surface area contributed by atoms with E-state index in [0.717, 1.165) is 28.9 Å². The maximum absolute atomic E-state index is 12.3. The molecule has 7 heteroatoms. The van der Waals surface area contributed by atoms with Crippen molar-refractivity contribution in [3.8, 4) is 0 Å². The van der Waals surface area contributed by atoms with Gasteiger partial charge in [-0.25, -0.2) is 14.8 Å². The van der Waals surface area contributed by atoms with Gasteiger partial charge in [0.25, 0.3) is 0 Å². The first-order valence-corrected chi connectivity index (χ1v) is 8.51. The predicted molar refractivity (Wildman–Crippen MR) is 90.8 cm³/mol. The van der Waals surface area contributed by atoms with E-state index in [9.17, 15) is 4.79 Å². The Labute approximate surface area is 146 Å². The molecule has 1 amide bonds. The monoisotopic (exact) mass is 351 g/mol. The number of halogens is 1. The van der Waals surface area contributed by atoms with E-state index >= 15 is 0 Å². The molecule has 0 aliphatic carbocycles. The third kappa shape index (κ3) is 3.87. The molecule has 0 aromatic carbocycles. The van der Waals surface area contributed by atoms with Crippen LogP contribution in [0.5, 0.6) is 0 Å². The minimum Gasteiger partial charge on any atom is -0.444 e. The van der Waals surface area contributed by atoms with E-state index in [4.69, 9.17) is 21.1 Å². The van der Waals surface area contributed by atoms with Gasteiger partial charge in [0.2, 0.25) is 5.28 Å². The highest BCUT2D eigenvalue weighted by atomic mass is 35.5. The Morgan fingerprint density at radius 1 is 1.33 bits per heavy atom. The fourth-order valence-electron chi connectivity index (χ4n) is 2.89. The summed E-state index contributed by atoms with van der Waals surface area (Å²) in [5.74, 6) is 0. The molecule has 2 aliphatic rings. The zero-order chi connectivity index (χ0) is 17.3. The van der Waals surface area contributed by atoms with Crippen LogP contribution in [0.2, 0.25) is 5.28 Å². The Kier molecular flexibility index (Phi) is 4.78. The largest absolute Gasteiger partial charge is 0.444 e. The van der Waals surface area contributed by atoms with Crippen molar-refractivity contribution in [1.82, 2.24) is 14.9 Å². The summed E-state index contributed by atoms with van der Waals surface area (Å²) < 4.78 is 10.8. The third-order valence-electron chi connectivity index (χ3n) is 3.96. The lowest BCUT2D eigenvalue weighted by atomic mass is 9.96. The lowest BCUT2D eigenvalue weighted by molar-refractivity contribution is 0.0220. The Bertz CT molecular complexity index is 682. The second kappa shape index (κ2) is 6.69. The molecule has 0 spiro atoms. The van der Waals surface area contributed by atoms with Crippen molar-refractivity contribution < 1.29 is 14.3 Å². The molecule has 0 fully saturated rings.